The molecule has 532 valence electrons. The van der Waals surface area contributed by atoms with Crippen molar-refractivity contribution in [1.29, 1.82) is 0 Å². The summed E-state index contributed by atoms with van der Waals surface area (Å²) in [7, 11) is 3.20. The summed E-state index contributed by atoms with van der Waals surface area (Å²) in [5.74, 6) is -5.85. The highest BCUT2D eigenvalue weighted by molar-refractivity contribution is 6.39. The third-order valence-electron chi connectivity index (χ3n) is 16.7. The topological polar surface area (TPSA) is 300 Å². The lowest BCUT2D eigenvalue weighted by Crippen LogP contribution is -2.53. The average Bonchev–Trinajstić information content (AvgIpc) is 0.812. The zero-order chi connectivity index (χ0) is 73.0. The number of hydrogen-bond donors (Lipinski definition) is 2. The standard InChI is InChI=1S/C39H48N2O10.C37H46N2O9/c1-7-22-49-35(44)20-19-33(42)40-29-13-11-12-28(24-29)31(18-17-27-16-15-26(3)32(23-27)48-6)51-38(47)30-14-9-10-21-41(30)37(46)36(45)39(4,5)25-50-34(43)8-2;1-7-33(42)47-23-37(4,5)34(43)35(44)39-20-9-8-13-29(39)36(45)48-30(18-17-26-16-14-24(2)31(21-26)46-6)27-11-10-12-28(22-27)38-32(41)19-15-25(3)40/h7-8,11-13,15-16,23-24,30-31H,1-2,9-10,14,17-22,25H2,3-6H3,(H,40,42);7,10-12,14,16,21-22,29-30H,1,8-9,13,15,17-20,23H2,2-6H3,(H,38,41)/t30-,31+;29-,30+/m00/s1. The quantitative estimate of drug-likeness (QED) is 0.0144. The number of carbonyl (C=O) groups is 12. The number of esters is 5. The molecule has 6 rings (SSSR count). The van der Waals surface area contributed by atoms with Gasteiger partial charge >= 0.3 is 29.8 Å². The molecule has 0 bridgehead atoms. The predicted molar refractivity (Wildman–Crippen MR) is 369 cm³/mol. The number of benzene rings is 4. The maximum atomic E-state index is 13.9. The van der Waals surface area contributed by atoms with E-state index in [1.54, 1.807) is 62.8 Å². The summed E-state index contributed by atoms with van der Waals surface area (Å²) in [6, 6.07) is 23.5. The molecule has 4 aromatic carbocycles. The van der Waals surface area contributed by atoms with Crippen LogP contribution in [0.5, 0.6) is 11.5 Å². The Bertz CT molecular complexity index is 3610. The number of hydrogen-bond acceptors (Lipinski definition) is 19. The summed E-state index contributed by atoms with van der Waals surface area (Å²) in [6.45, 7) is 21.3. The van der Waals surface area contributed by atoms with E-state index in [4.69, 9.17) is 33.2 Å². The molecule has 0 spiro atoms. The van der Waals surface area contributed by atoms with Gasteiger partial charge in [0.15, 0.2) is 0 Å². The number of nitrogens with zero attached hydrogens (tertiary/aromatic N) is 2. The van der Waals surface area contributed by atoms with E-state index >= 15 is 0 Å². The molecule has 4 amide bonds. The Balaban J connectivity index is 0.000000358. The molecule has 4 aromatic rings. The zero-order valence-corrected chi connectivity index (χ0v) is 58.3. The molecular weight excluding hydrogens is 1270 g/mol. The van der Waals surface area contributed by atoms with Gasteiger partial charge in [-0.15, -0.1) is 0 Å². The van der Waals surface area contributed by atoms with Crippen LogP contribution in [-0.4, -0.2) is 140 Å². The van der Waals surface area contributed by atoms with Gasteiger partial charge in [-0.3, -0.25) is 33.6 Å². The highest BCUT2D eigenvalue weighted by atomic mass is 16.6. The second-order valence-electron chi connectivity index (χ2n) is 25.6. The van der Waals surface area contributed by atoms with Gasteiger partial charge in [0.1, 0.15) is 61.4 Å². The SMILES string of the molecule is C=CC(=O)OCC(C)(C)C(=O)C(=O)N1CCCC[C@H]1C(=O)O[C@H](CCc1ccc(C)c(OC)c1)c1cccc(NC(=O)CCC(C)=O)c1.C=CCOC(=O)CCC(=O)Nc1cccc([C@@H](CCc2ccc(C)c(OC)c2)OC(=O)[C@@H]2CCCCN2C(=O)C(=O)C(C)(C)COC(=O)C=C)c1. The van der Waals surface area contributed by atoms with Crippen LogP contribution in [0.1, 0.15) is 157 Å². The van der Waals surface area contributed by atoms with Crippen LogP contribution in [0, 0.1) is 24.7 Å². The van der Waals surface area contributed by atoms with Crippen LogP contribution in [0.3, 0.4) is 0 Å². The number of nitrogens with one attached hydrogen (secondary N) is 2. The monoisotopic (exact) mass is 1370 g/mol. The van der Waals surface area contributed by atoms with Crippen molar-refractivity contribution in [1.82, 2.24) is 9.80 Å². The second kappa shape index (κ2) is 38.8. The maximum Gasteiger partial charge on any atom is 0.330 e. The predicted octanol–water partition coefficient (Wildman–Crippen LogP) is 10.6. The van der Waals surface area contributed by atoms with E-state index in [1.165, 1.54) is 50.5 Å². The highest BCUT2D eigenvalue weighted by Gasteiger charge is 2.44. The van der Waals surface area contributed by atoms with Gasteiger partial charge < -0.3 is 58.4 Å². The third kappa shape index (κ3) is 24.8. The van der Waals surface area contributed by atoms with E-state index in [0.29, 0.717) is 86.7 Å². The molecule has 2 saturated heterocycles. The van der Waals surface area contributed by atoms with Crippen LogP contribution in [0.4, 0.5) is 11.4 Å². The van der Waals surface area contributed by atoms with Gasteiger partial charge in [-0.1, -0.05) is 74.3 Å². The van der Waals surface area contributed by atoms with Gasteiger partial charge in [0, 0.05) is 55.9 Å². The Hall–Kier alpha value is -10.1. The van der Waals surface area contributed by atoms with E-state index in [2.05, 4.69) is 30.4 Å². The Kier molecular flexibility index (Phi) is 31.2. The fourth-order valence-corrected chi connectivity index (χ4v) is 10.9. The first-order valence-corrected chi connectivity index (χ1v) is 33.1. The summed E-state index contributed by atoms with van der Waals surface area (Å²) in [5, 5.41) is 5.58. The van der Waals surface area contributed by atoms with Crippen molar-refractivity contribution >= 4 is 82.2 Å². The van der Waals surface area contributed by atoms with Gasteiger partial charge in [-0.05, 0) is 182 Å². The number of anilines is 2. The lowest BCUT2D eigenvalue weighted by atomic mass is 9.87. The average molecular weight is 1370 g/mol. The largest absolute Gasteiger partial charge is 0.496 e. The number of piperidine rings is 2. The number of amides is 4. The number of carbonyl (C=O) groups excluding carboxylic acids is 12. The summed E-state index contributed by atoms with van der Waals surface area (Å²) in [4.78, 5) is 155. The first-order valence-electron chi connectivity index (χ1n) is 33.1. The normalized spacial score (nSPS) is 14.9. The fourth-order valence-electron chi connectivity index (χ4n) is 10.9. The van der Waals surface area contributed by atoms with E-state index in [-0.39, 0.29) is 70.3 Å². The van der Waals surface area contributed by atoms with E-state index in [9.17, 15) is 57.5 Å². The Morgan fingerprint density at radius 3 is 1.34 bits per heavy atom. The molecule has 23 heteroatoms. The van der Waals surface area contributed by atoms with Crippen LogP contribution >= 0.6 is 0 Å². The van der Waals surface area contributed by atoms with Crippen LogP contribution in [0.2, 0.25) is 0 Å². The molecule has 2 heterocycles. The van der Waals surface area contributed by atoms with Crippen molar-refractivity contribution in [2.75, 3.05) is 57.8 Å². The van der Waals surface area contributed by atoms with Crippen molar-refractivity contribution in [2.45, 2.75) is 163 Å². The van der Waals surface area contributed by atoms with Crippen molar-refractivity contribution in [2.24, 2.45) is 10.8 Å². The molecule has 2 N–H and O–H groups in total. The summed E-state index contributed by atoms with van der Waals surface area (Å²) in [6.07, 6.45) is 6.70. The van der Waals surface area contributed by atoms with Gasteiger partial charge in [0.05, 0.1) is 31.5 Å². The minimum atomic E-state index is -1.34. The number of methoxy groups -OCH3 is 2. The Morgan fingerprint density at radius 1 is 0.545 bits per heavy atom. The van der Waals surface area contributed by atoms with Gasteiger partial charge in [-0.2, -0.15) is 0 Å². The third-order valence-corrected chi connectivity index (χ3v) is 16.7. The summed E-state index contributed by atoms with van der Waals surface area (Å²) < 4.78 is 38.3. The molecule has 23 nitrogen and oxygen atoms in total. The molecule has 0 aliphatic carbocycles. The number of rotatable bonds is 34. The summed E-state index contributed by atoms with van der Waals surface area (Å²) >= 11 is 0. The molecule has 99 heavy (non-hydrogen) atoms. The lowest BCUT2D eigenvalue weighted by molar-refractivity contribution is -0.165. The Morgan fingerprint density at radius 2 is 0.960 bits per heavy atom. The maximum absolute atomic E-state index is 13.9. The first-order chi connectivity index (χ1) is 47.0. The molecule has 0 unspecified atom stereocenters. The smallest absolute Gasteiger partial charge is 0.330 e. The van der Waals surface area contributed by atoms with Gasteiger partial charge in [-0.25, -0.2) is 19.2 Å². The molecule has 2 aliphatic heterocycles. The van der Waals surface area contributed by atoms with Crippen molar-refractivity contribution in [3.63, 3.8) is 0 Å². The van der Waals surface area contributed by atoms with Crippen LogP contribution < -0.4 is 20.1 Å². The molecule has 2 fully saturated rings. The molecule has 0 saturated carbocycles. The molecule has 4 atom stereocenters. The molecular formula is C76H94N4O19. The molecule has 0 aromatic heterocycles. The minimum absolute atomic E-state index is 0.0466. The number of Topliss-reactive ketones (excluding diaryl/α,β-unsaturated/α-hetero) is 3. The van der Waals surface area contributed by atoms with Crippen molar-refractivity contribution in [3.05, 3.63) is 156 Å². The van der Waals surface area contributed by atoms with E-state index in [1.807, 2.05) is 50.2 Å². The van der Waals surface area contributed by atoms with Crippen LogP contribution in [0.25, 0.3) is 0 Å². The van der Waals surface area contributed by atoms with Crippen LogP contribution in [0.15, 0.2) is 123 Å². The van der Waals surface area contributed by atoms with E-state index < -0.39 is 94.3 Å². The number of aryl methyl sites for hydroxylation is 4. The lowest BCUT2D eigenvalue weighted by Gasteiger charge is -2.36. The van der Waals surface area contributed by atoms with Crippen molar-refractivity contribution in [3.8, 4) is 11.5 Å². The van der Waals surface area contributed by atoms with Crippen LogP contribution in [-0.2, 0) is 94.1 Å². The fraction of sp³-hybridized carbons (Fsp3) is 0.447. The number of ether oxygens (including phenoxy) is 7. The summed E-state index contributed by atoms with van der Waals surface area (Å²) in [5.41, 5.74) is 3.36. The van der Waals surface area contributed by atoms with Gasteiger partial charge in [0.2, 0.25) is 23.4 Å². The Labute approximate surface area is 579 Å². The molecule has 0 radical (unpaired) electrons. The number of likely N-dealkylation sites (tertiary alicyclic amines) is 2. The van der Waals surface area contributed by atoms with E-state index in [0.717, 1.165) is 45.9 Å². The van der Waals surface area contributed by atoms with Crippen molar-refractivity contribution < 1.29 is 90.7 Å². The highest BCUT2D eigenvalue weighted by Crippen LogP contribution is 2.34. The second-order valence-corrected chi connectivity index (χ2v) is 25.6. The minimum Gasteiger partial charge on any atom is -0.496 e. The zero-order valence-electron chi connectivity index (χ0n) is 58.3. The molecule has 2 aliphatic rings. The number of ketones is 3. The first kappa shape index (κ1) is 79.6. The van der Waals surface area contributed by atoms with Gasteiger partial charge in [0.25, 0.3) is 11.8 Å².